The van der Waals surface area contributed by atoms with Crippen LogP contribution in [0.15, 0.2) is 60.8 Å². The molecule has 426 valence electrons. The molecule has 0 aliphatic heterocycles. The lowest BCUT2D eigenvalue weighted by Crippen LogP contribution is -2.47. The normalized spacial score (nSPS) is 14.1. The zero-order valence-corrected chi connectivity index (χ0v) is 49.5. The van der Waals surface area contributed by atoms with Gasteiger partial charge in [0.05, 0.1) is 33.8 Å². The number of ether oxygens (including phenoxy) is 1. The minimum Gasteiger partial charge on any atom is -0.456 e. The number of carbonyl (C=O) groups excluding carboxylic acids is 2. The molecule has 0 rings (SSSR count). The fourth-order valence-corrected chi connectivity index (χ4v) is 9.49. The summed E-state index contributed by atoms with van der Waals surface area (Å²) in [6.07, 6.45) is 66.5. The number of hydrogen-bond acceptors (Lipinski definition) is 6. The van der Waals surface area contributed by atoms with Crippen molar-refractivity contribution in [2.45, 2.75) is 290 Å². The maximum absolute atomic E-state index is 13.5. The first kappa shape index (κ1) is 70.7. The van der Waals surface area contributed by atoms with Crippen LogP contribution in [0.25, 0.3) is 0 Å². The number of carbonyl (C=O) groups is 2. The van der Waals surface area contributed by atoms with Crippen molar-refractivity contribution in [2.24, 2.45) is 0 Å². The molecule has 0 fully saturated rings. The summed E-state index contributed by atoms with van der Waals surface area (Å²) in [5.74, 6) is -0.516. The van der Waals surface area contributed by atoms with Crippen LogP contribution in [0.3, 0.4) is 0 Å². The smallest absolute Gasteiger partial charge is 0.456 e. The average molecular weight is 1050 g/mol. The Hall–Kier alpha value is -2.29. The van der Waals surface area contributed by atoms with Crippen LogP contribution in [-0.2, 0) is 27.9 Å². The van der Waals surface area contributed by atoms with Crippen molar-refractivity contribution < 1.29 is 37.3 Å². The highest BCUT2D eigenvalue weighted by Gasteiger charge is 2.30. The average Bonchev–Trinajstić information content (AvgIpc) is 3.35. The van der Waals surface area contributed by atoms with Gasteiger partial charge in [0.2, 0.25) is 5.91 Å². The molecular formula is C63H118N2O7P+. The molecule has 0 bridgehead atoms. The number of hydrogen-bond donors (Lipinski definition) is 2. The van der Waals surface area contributed by atoms with E-state index in [1.807, 2.05) is 33.3 Å². The first-order valence-electron chi connectivity index (χ1n) is 30.6. The maximum Gasteiger partial charge on any atom is 0.472 e. The van der Waals surface area contributed by atoms with E-state index in [2.05, 4.69) is 74.7 Å². The number of rotatable bonds is 55. The van der Waals surface area contributed by atoms with Crippen LogP contribution in [0.1, 0.15) is 278 Å². The van der Waals surface area contributed by atoms with Crippen molar-refractivity contribution in [1.29, 1.82) is 0 Å². The number of likely N-dealkylation sites (N-methyl/N-ethyl adjacent to an activating group) is 1. The van der Waals surface area contributed by atoms with Gasteiger partial charge in [0.25, 0.3) is 0 Å². The highest BCUT2D eigenvalue weighted by Crippen LogP contribution is 2.43. The first-order valence-corrected chi connectivity index (χ1v) is 32.1. The van der Waals surface area contributed by atoms with Gasteiger partial charge >= 0.3 is 13.8 Å². The SMILES string of the molecule is CC/C=C/C=C/C=C/CCCCCCCCCC(=O)OC(/C=C\CCCCCCCCCCC)C(COP(=O)(O)OCC[N+](C)(C)C)NC(=O)CCCCCCCCCCCCC/C=C/CCCCCCCC. The number of unbranched alkanes of at least 4 members (excludes halogenated alkanes) is 33. The summed E-state index contributed by atoms with van der Waals surface area (Å²) in [6, 6.07) is -0.853. The van der Waals surface area contributed by atoms with Crippen molar-refractivity contribution in [3.05, 3.63) is 60.8 Å². The number of nitrogens with zero attached hydrogens (tertiary/aromatic N) is 1. The molecule has 0 aromatic heterocycles. The second-order valence-electron chi connectivity index (χ2n) is 21.9. The molecule has 9 nitrogen and oxygen atoms in total. The number of amides is 1. The predicted octanol–water partition coefficient (Wildman–Crippen LogP) is 18.7. The highest BCUT2D eigenvalue weighted by atomic mass is 31.2. The van der Waals surface area contributed by atoms with Gasteiger partial charge in [-0.05, 0) is 76.7 Å². The van der Waals surface area contributed by atoms with Gasteiger partial charge in [-0.3, -0.25) is 18.6 Å². The Bertz CT molecular complexity index is 1440. The molecule has 0 heterocycles. The Morgan fingerprint density at radius 3 is 1.34 bits per heavy atom. The van der Waals surface area contributed by atoms with Gasteiger partial charge in [0.15, 0.2) is 0 Å². The zero-order chi connectivity index (χ0) is 53.6. The third kappa shape index (κ3) is 54.3. The molecule has 0 spiro atoms. The van der Waals surface area contributed by atoms with Crippen molar-refractivity contribution >= 4 is 19.7 Å². The zero-order valence-electron chi connectivity index (χ0n) is 48.6. The molecule has 0 aliphatic carbocycles. The van der Waals surface area contributed by atoms with E-state index < -0.39 is 20.0 Å². The van der Waals surface area contributed by atoms with Crippen LogP contribution in [0, 0.1) is 0 Å². The third-order valence-corrected chi connectivity index (χ3v) is 14.5. The second-order valence-corrected chi connectivity index (χ2v) is 23.4. The monoisotopic (exact) mass is 1050 g/mol. The minimum absolute atomic E-state index is 0.0371. The molecule has 0 saturated heterocycles. The maximum atomic E-state index is 13.5. The lowest BCUT2D eigenvalue weighted by molar-refractivity contribution is -0.870. The van der Waals surface area contributed by atoms with E-state index in [0.29, 0.717) is 17.4 Å². The molecule has 10 heteroatoms. The van der Waals surface area contributed by atoms with Gasteiger partial charge in [-0.2, -0.15) is 0 Å². The topological polar surface area (TPSA) is 111 Å². The van der Waals surface area contributed by atoms with E-state index >= 15 is 0 Å². The lowest BCUT2D eigenvalue weighted by Gasteiger charge is -2.27. The summed E-state index contributed by atoms with van der Waals surface area (Å²) >= 11 is 0. The number of allylic oxidation sites excluding steroid dienone is 9. The van der Waals surface area contributed by atoms with E-state index in [1.165, 1.54) is 167 Å². The Labute approximate surface area is 451 Å². The van der Waals surface area contributed by atoms with Crippen molar-refractivity contribution in [1.82, 2.24) is 5.32 Å². The number of phosphoric acid groups is 1. The molecule has 2 N–H and O–H groups in total. The summed E-state index contributed by atoms with van der Waals surface area (Å²) in [4.78, 5) is 37.6. The van der Waals surface area contributed by atoms with Gasteiger partial charge in [-0.15, -0.1) is 0 Å². The molecule has 0 aliphatic rings. The van der Waals surface area contributed by atoms with Gasteiger partial charge in [0.1, 0.15) is 19.3 Å². The summed E-state index contributed by atoms with van der Waals surface area (Å²) in [5, 5.41) is 3.05. The van der Waals surface area contributed by atoms with Crippen LogP contribution >= 0.6 is 7.82 Å². The third-order valence-electron chi connectivity index (χ3n) is 13.5. The van der Waals surface area contributed by atoms with E-state index in [-0.39, 0.29) is 31.5 Å². The summed E-state index contributed by atoms with van der Waals surface area (Å²) in [6.45, 7) is 6.88. The number of quaternary nitrogens is 1. The van der Waals surface area contributed by atoms with Crippen molar-refractivity contribution in [2.75, 3.05) is 40.9 Å². The van der Waals surface area contributed by atoms with E-state index in [1.54, 1.807) is 0 Å². The van der Waals surface area contributed by atoms with Gasteiger partial charge < -0.3 is 19.4 Å². The van der Waals surface area contributed by atoms with Crippen LogP contribution in [0.5, 0.6) is 0 Å². The second kappa shape index (κ2) is 53.1. The van der Waals surface area contributed by atoms with Crippen LogP contribution in [0.4, 0.5) is 0 Å². The highest BCUT2D eigenvalue weighted by molar-refractivity contribution is 7.47. The molecular weight excluding hydrogens is 928 g/mol. The Morgan fingerprint density at radius 1 is 0.493 bits per heavy atom. The summed E-state index contributed by atoms with van der Waals surface area (Å²) in [5.41, 5.74) is 0. The first-order chi connectivity index (χ1) is 35.4. The molecule has 73 heavy (non-hydrogen) atoms. The summed E-state index contributed by atoms with van der Waals surface area (Å²) in [7, 11) is 1.49. The summed E-state index contributed by atoms with van der Waals surface area (Å²) < 4.78 is 30.6. The number of nitrogens with one attached hydrogen (secondary N) is 1. The molecule has 0 aromatic carbocycles. The molecule has 0 saturated carbocycles. The van der Waals surface area contributed by atoms with Crippen LogP contribution in [0.2, 0.25) is 0 Å². The fraction of sp³-hybridized carbons (Fsp3) is 0.810. The largest absolute Gasteiger partial charge is 0.472 e. The molecule has 1 amide bonds. The Kier molecular flexibility index (Phi) is 51.5. The van der Waals surface area contributed by atoms with E-state index in [0.717, 1.165) is 77.0 Å². The van der Waals surface area contributed by atoms with Gasteiger partial charge in [-0.1, -0.05) is 249 Å². The molecule has 0 radical (unpaired) electrons. The number of phosphoric ester groups is 1. The van der Waals surface area contributed by atoms with Gasteiger partial charge in [0, 0.05) is 12.8 Å². The predicted molar refractivity (Wildman–Crippen MR) is 314 cm³/mol. The number of esters is 1. The Balaban J connectivity index is 5.19. The molecule has 0 aromatic rings. The van der Waals surface area contributed by atoms with Crippen LogP contribution < -0.4 is 5.32 Å². The quantitative estimate of drug-likeness (QED) is 0.0156. The molecule has 3 atom stereocenters. The van der Waals surface area contributed by atoms with Crippen LogP contribution in [-0.4, -0.2) is 74.3 Å². The van der Waals surface area contributed by atoms with E-state index in [9.17, 15) is 19.0 Å². The fourth-order valence-electron chi connectivity index (χ4n) is 8.76. The Morgan fingerprint density at radius 2 is 0.890 bits per heavy atom. The lowest BCUT2D eigenvalue weighted by atomic mass is 10.0. The van der Waals surface area contributed by atoms with E-state index in [4.69, 9.17) is 13.8 Å². The van der Waals surface area contributed by atoms with Crippen molar-refractivity contribution in [3.63, 3.8) is 0 Å². The minimum atomic E-state index is -4.45. The van der Waals surface area contributed by atoms with Crippen molar-refractivity contribution in [3.8, 4) is 0 Å². The van der Waals surface area contributed by atoms with Gasteiger partial charge in [-0.25, -0.2) is 4.57 Å². The standard InChI is InChI=1S/C63H117N2O7P/c1-7-10-13-16-19-22-25-27-29-30-31-32-33-34-36-37-40-43-46-49-52-55-62(66)64-60(59-71-73(68,69)70-58-57-65(4,5)6)61(54-51-48-45-42-39-24-21-18-15-12-9-3)72-63(67)56-53-50-47-44-41-38-35-28-26-23-20-17-14-11-8-2/h11,14,17,20,23,26-27,29,51,54,60-61H,7-10,12-13,15-16,18-19,21-22,24-25,28,30-50,52-53,55-59H2,1-6H3,(H-,64,66,68,69)/p+1/b14-11+,20-17+,26-23+,29-27+,54-51-. The molecule has 3 unspecified atom stereocenters.